The number of aromatic nitrogens is 2. The van der Waals surface area contributed by atoms with Crippen molar-refractivity contribution in [1.82, 2.24) is 9.55 Å². The van der Waals surface area contributed by atoms with Gasteiger partial charge in [-0.3, -0.25) is 14.2 Å². The first-order chi connectivity index (χ1) is 9.58. The number of hydrogen-bond acceptors (Lipinski definition) is 3. The molecule has 0 radical (unpaired) electrons. The Morgan fingerprint density at radius 1 is 1.20 bits per heavy atom. The molecule has 0 spiro atoms. The first-order valence-corrected chi connectivity index (χ1v) is 6.15. The average Bonchev–Trinajstić information content (AvgIpc) is 2.43. The molecule has 0 unspecified atom stereocenters. The molecular weight excluding hydrogens is 260 g/mol. The topological polar surface area (TPSA) is 92.2 Å². The number of aryl methyl sites for hydroxylation is 1. The maximum atomic E-state index is 12.0. The van der Waals surface area contributed by atoms with E-state index in [4.69, 9.17) is 5.11 Å². The molecule has 1 aromatic heterocycles. The minimum atomic E-state index is -1.11. The van der Waals surface area contributed by atoms with Gasteiger partial charge in [0.2, 0.25) is 0 Å². The standard InChI is InChI=1S/C14H14N2O4/c17-12(18)8-11-9-15-14(20)16(13(11)19)7-6-10-4-2-1-3-5-10/h1-5,9H,6-8H2,(H,15,20)(H,17,18). The van der Waals surface area contributed by atoms with Gasteiger partial charge in [-0.15, -0.1) is 0 Å². The van der Waals surface area contributed by atoms with Gasteiger partial charge >= 0.3 is 11.7 Å². The predicted octanol–water partition coefficient (Wildman–Crippen LogP) is 0.406. The molecule has 6 nitrogen and oxygen atoms in total. The maximum absolute atomic E-state index is 12.0. The number of hydrogen-bond donors (Lipinski definition) is 2. The lowest BCUT2D eigenvalue weighted by Gasteiger charge is -2.06. The van der Waals surface area contributed by atoms with E-state index in [-0.39, 0.29) is 12.1 Å². The lowest BCUT2D eigenvalue weighted by atomic mass is 10.1. The molecule has 0 amide bonds. The van der Waals surface area contributed by atoms with E-state index in [0.717, 1.165) is 16.3 Å². The van der Waals surface area contributed by atoms with Crippen LogP contribution in [0.25, 0.3) is 0 Å². The van der Waals surface area contributed by atoms with Crippen LogP contribution in [0.1, 0.15) is 11.1 Å². The molecule has 0 fully saturated rings. The molecule has 2 rings (SSSR count). The molecular formula is C14H14N2O4. The van der Waals surface area contributed by atoms with E-state index < -0.39 is 23.6 Å². The average molecular weight is 274 g/mol. The van der Waals surface area contributed by atoms with Crippen LogP contribution in [0.5, 0.6) is 0 Å². The van der Waals surface area contributed by atoms with Gasteiger partial charge in [0.15, 0.2) is 0 Å². The van der Waals surface area contributed by atoms with E-state index in [1.807, 2.05) is 30.3 Å². The molecule has 2 aromatic rings. The van der Waals surface area contributed by atoms with E-state index in [9.17, 15) is 14.4 Å². The van der Waals surface area contributed by atoms with E-state index >= 15 is 0 Å². The summed E-state index contributed by atoms with van der Waals surface area (Å²) in [4.78, 5) is 36.7. The molecule has 0 atom stereocenters. The normalized spacial score (nSPS) is 10.4. The Morgan fingerprint density at radius 2 is 1.90 bits per heavy atom. The molecule has 104 valence electrons. The fourth-order valence-electron chi connectivity index (χ4n) is 1.93. The number of rotatable bonds is 5. The summed E-state index contributed by atoms with van der Waals surface area (Å²) < 4.78 is 1.03. The first kappa shape index (κ1) is 13.8. The summed E-state index contributed by atoms with van der Waals surface area (Å²) in [6.45, 7) is 0.214. The monoisotopic (exact) mass is 274 g/mol. The Kier molecular flexibility index (Phi) is 4.14. The van der Waals surface area contributed by atoms with Crippen LogP contribution in [-0.4, -0.2) is 20.6 Å². The van der Waals surface area contributed by atoms with Gasteiger partial charge in [0.25, 0.3) is 5.56 Å². The number of carboxylic acid groups (broad SMARTS) is 1. The Bertz CT molecular complexity index is 716. The first-order valence-electron chi connectivity index (χ1n) is 6.15. The summed E-state index contributed by atoms with van der Waals surface area (Å²) in [5.74, 6) is -1.11. The summed E-state index contributed by atoms with van der Waals surface area (Å²) in [5.41, 5.74) is -0.000231. The molecule has 1 aromatic carbocycles. The summed E-state index contributed by atoms with van der Waals surface area (Å²) >= 11 is 0. The lowest BCUT2D eigenvalue weighted by Crippen LogP contribution is -2.37. The molecule has 0 bridgehead atoms. The third-order valence-electron chi connectivity index (χ3n) is 2.94. The minimum Gasteiger partial charge on any atom is -0.481 e. The van der Waals surface area contributed by atoms with Crippen molar-refractivity contribution in [2.24, 2.45) is 0 Å². The Hall–Kier alpha value is -2.63. The van der Waals surface area contributed by atoms with Crippen LogP contribution in [0.2, 0.25) is 0 Å². The second-order valence-electron chi connectivity index (χ2n) is 4.38. The highest BCUT2D eigenvalue weighted by Crippen LogP contribution is 2.00. The third kappa shape index (κ3) is 3.23. The van der Waals surface area contributed by atoms with Gasteiger partial charge < -0.3 is 10.1 Å². The lowest BCUT2D eigenvalue weighted by molar-refractivity contribution is -0.136. The van der Waals surface area contributed by atoms with Gasteiger partial charge in [0.05, 0.1) is 6.42 Å². The number of carboxylic acids is 1. The van der Waals surface area contributed by atoms with Gasteiger partial charge in [0.1, 0.15) is 0 Å². The Morgan fingerprint density at radius 3 is 2.55 bits per heavy atom. The van der Waals surface area contributed by atoms with Crippen LogP contribution in [0, 0.1) is 0 Å². The Balaban J connectivity index is 2.25. The van der Waals surface area contributed by atoms with Crippen molar-refractivity contribution in [3.63, 3.8) is 0 Å². The molecule has 0 saturated carbocycles. The van der Waals surface area contributed by atoms with Crippen molar-refractivity contribution >= 4 is 5.97 Å². The summed E-state index contributed by atoms with van der Waals surface area (Å²) in [5, 5.41) is 8.72. The molecule has 20 heavy (non-hydrogen) atoms. The number of carbonyl (C=O) groups is 1. The summed E-state index contributed by atoms with van der Waals surface area (Å²) in [7, 11) is 0. The van der Waals surface area contributed by atoms with Crippen LogP contribution in [0.15, 0.2) is 46.1 Å². The highest BCUT2D eigenvalue weighted by atomic mass is 16.4. The number of nitrogens with zero attached hydrogens (tertiary/aromatic N) is 1. The number of benzene rings is 1. The second kappa shape index (κ2) is 6.01. The van der Waals surface area contributed by atoms with Crippen LogP contribution >= 0.6 is 0 Å². The smallest absolute Gasteiger partial charge is 0.328 e. The van der Waals surface area contributed by atoms with Gasteiger partial charge in [-0.1, -0.05) is 30.3 Å². The zero-order chi connectivity index (χ0) is 14.5. The van der Waals surface area contributed by atoms with Crippen molar-refractivity contribution in [1.29, 1.82) is 0 Å². The van der Waals surface area contributed by atoms with E-state index in [1.54, 1.807) is 0 Å². The minimum absolute atomic E-state index is 0.0742. The van der Waals surface area contributed by atoms with E-state index in [2.05, 4.69) is 4.98 Å². The van der Waals surface area contributed by atoms with Crippen LogP contribution in [0.4, 0.5) is 0 Å². The van der Waals surface area contributed by atoms with Gasteiger partial charge in [-0.25, -0.2) is 4.79 Å². The number of nitrogens with one attached hydrogen (secondary N) is 1. The predicted molar refractivity (Wildman–Crippen MR) is 72.8 cm³/mol. The van der Waals surface area contributed by atoms with Gasteiger partial charge in [-0.05, 0) is 12.0 Å². The van der Waals surface area contributed by atoms with Gasteiger partial charge in [-0.2, -0.15) is 0 Å². The number of H-pyrrole nitrogens is 1. The highest BCUT2D eigenvalue weighted by Gasteiger charge is 2.10. The molecule has 6 heteroatoms. The molecule has 1 heterocycles. The number of aromatic amines is 1. The third-order valence-corrected chi connectivity index (χ3v) is 2.94. The molecule has 0 aliphatic carbocycles. The fraction of sp³-hybridized carbons (Fsp3) is 0.214. The van der Waals surface area contributed by atoms with Crippen LogP contribution in [-0.2, 0) is 24.2 Å². The van der Waals surface area contributed by atoms with Crippen molar-refractivity contribution in [2.45, 2.75) is 19.4 Å². The molecule has 0 aliphatic heterocycles. The van der Waals surface area contributed by atoms with Crippen molar-refractivity contribution in [3.8, 4) is 0 Å². The highest BCUT2D eigenvalue weighted by molar-refractivity contribution is 5.69. The van der Waals surface area contributed by atoms with Crippen LogP contribution < -0.4 is 11.2 Å². The van der Waals surface area contributed by atoms with Crippen molar-refractivity contribution in [2.75, 3.05) is 0 Å². The molecule has 0 saturated heterocycles. The molecule has 2 N–H and O–H groups in total. The summed E-state index contributed by atoms with van der Waals surface area (Å²) in [6.07, 6.45) is 1.29. The Labute approximate surface area is 114 Å². The fourth-order valence-corrected chi connectivity index (χ4v) is 1.93. The maximum Gasteiger partial charge on any atom is 0.328 e. The summed E-state index contributed by atoms with van der Waals surface area (Å²) in [6, 6.07) is 9.45. The van der Waals surface area contributed by atoms with E-state index in [0.29, 0.717) is 6.42 Å². The van der Waals surface area contributed by atoms with Crippen molar-refractivity contribution in [3.05, 3.63) is 68.5 Å². The number of aliphatic carboxylic acids is 1. The van der Waals surface area contributed by atoms with E-state index in [1.165, 1.54) is 0 Å². The van der Waals surface area contributed by atoms with Crippen LogP contribution in [0.3, 0.4) is 0 Å². The zero-order valence-corrected chi connectivity index (χ0v) is 10.7. The zero-order valence-electron chi connectivity index (χ0n) is 10.7. The van der Waals surface area contributed by atoms with Gasteiger partial charge in [0, 0.05) is 18.3 Å². The van der Waals surface area contributed by atoms with Crippen molar-refractivity contribution < 1.29 is 9.90 Å². The molecule has 0 aliphatic rings. The largest absolute Gasteiger partial charge is 0.481 e. The quantitative estimate of drug-likeness (QED) is 0.825. The second-order valence-corrected chi connectivity index (χ2v) is 4.38. The SMILES string of the molecule is O=C(O)Cc1c[nH]c(=O)n(CCc2ccccc2)c1=O.